The molecule has 1 heterocycles. The predicted octanol–water partition coefficient (Wildman–Crippen LogP) is 2.48. The number of pyridine rings is 1. The summed E-state index contributed by atoms with van der Waals surface area (Å²) < 4.78 is 1.00. The Morgan fingerprint density at radius 2 is 2.18 bits per heavy atom. The van der Waals surface area contributed by atoms with Gasteiger partial charge in [-0.1, -0.05) is 12.8 Å². The molecular formula is C13H19BrN2O. The molecule has 1 aromatic heterocycles. The molecule has 1 aliphatic rings. The zero-order chi connectivity index (χ0) is 12.1. The number of aromatic nitrogens is 1. The molecule has 2 atom stereocenters. The van der Waals surface area contributed by atoms with Crippen LogP contribution in [0.3, 0.4) is 0 Å². The van der Waals surface area contributed by atoms with Gasteiger partial charge in [-0.2, -0.15) is 0 Å². The second kappa shape index (κ2) is 6.47. The molecule has 0 bridgehead atoms. The van der Waals surface area contributed by atoms with E-state index in [9.17, 15) is 5.11 Å². The minimum atomic E-state index is -0.117. The monoisotopic (exact) mass is 298 g/mol. The van der Waals surface area contributed by atoms with Gasteiger partial charge < -0.3 is 10.4 Å². The molecule has 1 fully saturated rings. The lowest BCUT2D eigenvalue weighted by Gasteiger charge is -2.27. The van der Waals surface area contributed by atoms with Gasteiger partial charge in [-0.25, -0.2) is 0 Å². The van der Waals surface area contributed by atoms with Gasteiger partial charge in [-0.15, -0.1) is 0 Å². The van der Waals surface area contributed by atoms with Crippen molar-refractivity contribution >= 4 is 15.9 Å². The molecule has 0 aromatic carbocycles. The number of hydrogen-bond acceptors (Lipinski definition) is 3. The summed E-state index contributed by atoms with van der Waals surface area (Å²) in [4.78, 5) is 4.31. The van der Waals surface area contributed by atoms with Crippen molar-refractivity contribution < 1.29 is 5.11 Å². The van der Waals surface area contributed by atoms with E-state index in [0.29, 0.717) is 5.92 Å². The van der Waals surface area contributed by atoms with Gasteiger partial charge in [-0.05, 0) is 46.8 Å². The van der Waals surface area contributed by atoms with Crippen molar-refractivity contribution in [3.8, 4) is 0 Å². The molecular weight excluding hydrogens is 280 g/mol. The molecule has 4 heteroatoms. The SMILES string of the molecule is OC1CCCCC1CNCc1ccc(Br)cn1. The van der Waals surface area contributed by atoms with Gasteiger partial charge in [0.05, 0.1) is 11.8 Å². The van der Waals surface area contributed by atoms with Crippen LogP contribution < -0.4 is 5.32 Å². The van der Waals surface area contributed by atoms with Crippen LogP contribution >= 0.6 is 15.9 Å². The fraction of sp³-hybridized carbons (Fsp3) is 0.615. The Hall–Kier alpha value is -0.450. The largest absolute Gasteiger partial charge is 0.393 e. The quantitative estimate of drug-likeness (QED) is 0.898. The van der Waals surface area contributed by atoms with Crippen LogP contribution in [0.4, 0.5) is 0 Å². The molecule has 0 amide bonds. The summed E-state index contributed by atoms with van der Waals surface area (Å²) in [6, 6.07) is 4.01. The van der Waals surface area contributed by atoms with Crippen molar-refractivity contribution in [3.63, 3.8) is 0 Å². The second-order valence-corrected chi connectivity index (χ2v) is 5.63. The third-order valence-corrected chi connectivity index (χ3v) is 3.84. The Morgan fingerprint density at radius 3 is 2.88 bits per heavy atom. The van der Waals surface area contributed by atoms with Crippen LogP contribution in [-0.4, -0.2) is 22.7 Å². The van der Waals surface area contributed by atoms with E-state index >= 15 is 0 Å². The summed E-state index contributed by atoms with van der Waals surface area (Å²) in [5, 5.41) is 13.2. The number of nitrogens with one attached hydrogen (secondary N) is 1. The standard InChI is InChI=1S/C13H19BrN2O/c14-11-5-6-12(16-8-11)9-15-7-10-3-1-2-4-13(10)17/h5-6,8,10,13,15,17H,1-4,7,9H2. The molecule has 1 aromatic rings. The van der Waals surface area contributed by atoms with Gasteiger partial charge in [-0.3, -0.25) is 4.98 Å². The van der Waals surface area contributed by atoms with Crippen LogP contribution in [0.25, 0.3) is 0 Å². The van der Waals surface area contributed by atoms with Crippen molar-refractivity contribution in [3.05, 3.63) is 28.5 Å². The van der Waals surface area contributed by atoms with E-state index in [1.165, 1.54) is 12.8 Å². The van der Waals surface area contributed by atoms with E-state index in [-0.39, 0.29) is 6.10 Å². The fourth-order valence-corrected chi connectivity index (χ4v) is 2.56. The Bertz CT molecular complexity index is 342. The lowest BCUT2D eigenvalue weighted by Crippen LogP contribution is -2.33. The lowest BCUT2D eigenvalue weighted by atomic mass is 9.86. The minimum absolute atomic E-state index is 0.117. The molecule has 17 heavy (non-hydrogen) atoms. The summed E-state index contributed by atoms with van der Waals surface area (Å²) in [6.45, 7) is 1.66. The maximum absolute atomic E-state index is 9.84. The summed E-state index contributed by atoms with van der Waals surface area (Å²) in [5.41, 5.74) is 1.04. The third kappa shape index (κ3) is 4.05. The van der Waals surface area contributed by atoms with Crippen molar-refractivity contribution in [2.45, 2.75) is 38.3 Å². The first kappa shape index (κ1) is 13.0. The summed E-state index contributed by atoms with van der Waals surface area (Å²) in [7, 11) is 0. The summed E-state index contributed by atoms with van der Waals surface area (Å²) in [6.07, 6.45) is 6.22. The van der Waals surface area contributed by atoms with E-state index in [4.69, 9.17) is 0 Å². The van der Waals surface area contributed by atoms with Gasteiger partial charge in [0.25, 0.3) is 0 Å². The molecule has 2 N–H and O–H groups in total. The van der Waals surface area contributed by atoms with Gasteiger partial charge in [0.2, 0.25) is 0 Å². The number of aliphatic hydroxyl groups excluding tert-OH is 1. The zero-order valence-electron chi connectivity index (χ0n) is 9.90. The number of nitrogens with zero attached hydrogens (tertiary/aromatic N) is 1. The first-order chi connectivity index (χ1) is 8.25. The Balaban J connectivity index is 1.73. The summed E-state index contributed by atoms with van der Waals surface area (Å²) >= 11 is 3.37. The minimum Gasteiger partial charge on any atom is -0.393 e. The molecule has 0 aliphatic heterocycles. The highest BCUT2D eigenvalue weighted by Crippen LogP contribution is 2.23. The van der Waals surface area contributed by atoms with Crippen LogP contribution in [0.5, 0.6) is 0 Å². The molecule has 2 rings (SSSR count). The normalized spacial score (nSPS) is 24.8. The highest BCUT2D eigenvalue weighted by Gasteiger charge is 2.22. The first-order valence-corrected chi connectivity index (χ1v) is 7.04. The average molecular weight is 299 g/mol. The third-order valence-electron chi connectivity index (χ3n) is 3.37. The van der Waals surface area contributed by atoms with Gasteiger partial charge >= 0.3 is 0 Å². The van der Waals surface area contributed by atoms with E-state index < -0.39 is 0 Å². The molecule has 94 valence electrons. The van der Waals surface area contributed by atoms with E-state index in [0.717, 1.165) is 36.1 Å². The van der Waals surface area contributed by atoms with E-state index in [1.807, 2.05) is 18.3 Å². The van der Waals surface area contributed by atoms with Crippen LogP contribution in [0.2, 0.25) is 0 Å². The van der Waals surface area contributed by atoms with Crippen molar-refractivity contribution in [2.75, 3.05) is 6.54 Å². The zero-order valence-corrected chi connectivity index (χ0v) is 11.5. The van der Waals surface area contributed by atoms with Crippen molar-refractivity contribution in [2.24, 2.45) is 5.92 Å². The van der Waals surface area contributed by atoms with Crippen LogP contribution in [0, 0.1) is 5.92 Å². The Labute approximate surface area is 111 Å². The smallest absolute Gasteiger partial charge is 0.0580 e. The molecule has 2 unspecified atom stereocenters. The topological polar surface area (TPSA) is 45.1 Å². The number of halogens is 1. The highest BCUT2D eigenvalue weighted by atomic mass is 79.9. The second-order valence-electron chi connectivity index (χ2n) is 4.71. The maximum Gasteiger partial charge on any atom is 0.0580 e. The Kier molecular flexibility index (Phi) is 4.95. The average Bonchev–Trinajstić information content (AvgIpc) is 2.34. The van der Waals surface area contributed by atoms with Crippen molar-refractivity contribution in [1.82, 2.24) is 10.3 Å². The molecule has 0 radical (unpaired) electrons. The molecule has 1 saturated carbocycles. The molecule has 1 aliphatic carbocycles. The number of rotatable bonds is 4. The van der Waals surface area contributed by atoms with Crippen LogP contribution in [0.15, 0.2) is 22.8 Å². The van der Waals surface area contributed by atoms with Gasteiger partial charge in [0.1, 0.15) is 0 Å². The van der Waals surface area contributed by atoms with Gasteiger partial charge in [0, 0.05) is 23.8 Å². The number of aliphatic hydroxyl groups is 1. The van der Waals surface area contributed by atoms with E-state index in [2.05, 4.69) is 26.2 Å². The molecule has 0 spiro atoms. The molecule has 0 saturated heterocycles. The maximum atomic E-state index is 9.84. The van der Waals surface area contributed by atoms with Crippen LogP contribution in [0.1, 0.15) is 31.4 Å². The lowest BCUT2D eigenvalue weighted by molar-refractivity contribution is 0.0694. The molecule has 3 nitrogen and oxygen atoms in total. The number of hydrogen-bond donors (Lipinski definition) is 2. The Morgan fingerprint density at radius 1 is 1.35 bits per heavy atom. The predicted molar refractivity (Wildman–Crippen MR) is 71.6 cm³/mol. The summed E-state index contributed by atoms with van der Waals surface area (Å²) in [5.74, 6) is 0.416. The van der Waals surface area contributed by atoms with Gasteiger partial charge in [0.15, 0.2) is 0 Å². The van der Waals surface area contributed by atoms with Crippen LogP contribution in [-0.2, 0) is 6.54 Å². The highest BCUT2D eigenvalue weighted by molar-refractivity contribution is 9.10. The van der Waals surface area contributed by atoms with E-state index in [1.54, 1.807) is 0 Å². The first-order valence-electron chi connectivity index (χ1n) is 6.25. The van der Waals surface area contributed by atoms with Crippen molar-refractivity contribution in [1.29, 1.82) is 0 Å². The fourth-order valence-electron chi connectivity index (χ4n) is 2.32.